The molecule has 3 saturated heterocycles. The maximum Gasteiger partial charge on any atom is 0.248 e. The zero-order valence-corrected chi connectivity index (χ0v) is 34.9. The smallest absolute Gasteiger partial charge is 0.248 e. The van der Waals surface area contributed by atoms with E-state index < -0.39 is 165 Å². The van der Waals surface area contributed by atoms with E-state index >= 15 is 0 Å². The first kappa shape index (κ1) is 51.5. The van der Waals surface area contributed by atoms with Gasteiger partial charge in [0.15, 0.2) is 6.23 Å². The summed E-state index contributed by atoms with van der Waals surface area (Å²) in [5.74, 6) is -9.51. The van der Waals surface area contributed by atoms with Crippen molar-refractivity contribution in [1.82, 2.24) is 31.1 Å². The molecule has 17 N–H and O–H groups in total. The largest absolute Gasteiger partial charge is 0.400 e. The summed E-state index contributed by atoms with van der Waals surface area (Å²) in [5.41, 5.74) is 12.8. The van der Waals surface area contributed by atoms with Gasteiger partial charge in [0.05, 0.1) is 36.9 Å². The monoisotopic (exact) mass is 884 g/mol. The normalized spacial score (nSPS) is 32.6. The van der Waals surface area contributed by atoms with Gasteiger partial charge >= 0.3 is 0 Å². The lowest BCUT2D eigenvalue weighted by atomic mass is 9.94. The number of carbonyl (C=O) groups is 7. The highest BCUT2D eigenvalue weighted by atomic mass is 16.3. The Hall–Kier alpha value is -4.89. The number of amides is 7. The summed E-state index contributed by atoms with van der Waals surface area (Å²) in [6.07, 6.45) is -17.4. The molecule has 1 aromatic carbocycles. The first-order chi connectivity index (χ1) is 28.9. The van der Waals surface area contributed by atoms with E-state index in [4.69, 9.17) is 16.6 Å². The summed E-state index contributed by atoms with van der Waals surface area (Å²) < 4.78 is 0. The Morgan fingerprint density at radius 2 is 1.35 bits per heavy atom. The summed E-state index contributed by atoms with van der Waals surface area (Å²) in [7, 11) is 1.00. The first-order valence-electron chi connectivity index (χ1n) is 19.8. The second kappa shape index (κ2) is 22.0. The molecule has 3 fully saturated rings. The van der Waals surface area contributed by atoms with Crippen LogP contribution in [0.15, 0.2) is 18.2 Å². The summed E-state index contributed by atoms with van der Waals surface area (Å²) in [6, 6.07) is -6.99. The van der Waals surface area contributed by atoms with E-state index in [1.807, 2.05) is 5.32 Å². The number of benzene rings is 1. The van der Waals surface area contributed by atoms with Crippen LogP contribution in [0.25, 0.3) is 0 Å². The lowest BCUT2D eigenvalue weighted by Gasteiger charge is -2.34. The molecule has 3 heterocycles. The predicted molar refractivity (Wildman–Crippen MR) is 212 cm³/mol. The number of hydrogen-bond donors (Lipinski definition) is 15. The maximum absolute atomic E-state index is 14.3. The lowest BCUT2D eigenvalue weighted by molar-refractivity contribution is -0.149. The SMILES string of the molecule is CO.Cc1ccc(C(O)C(O)C2NC(=O)C3CC(O)CN3C(=O)C(C(C)O)NC(=O)C(N)CC(O)C(O)NC(=O)C3C(O)C(C)CN3C(=O)C(C(O)CC(N)=O)NC2=O)cc1C. The van der Waals surface area contributed by atoms with Crippen LogP contribution in [0, 0.1) is 19.8 Å². The highest BCUT2D eigenvalue weighted by molar-refractivity contribution is 5.98. The number of aliphatic hydroxyl groups is 9. The van der Waals surface area contributed by atoms with Crippen molar-refractivity contribution in [2.24, 2.45) is 17.4 Å². The fourth-order valence-corrected chi connectivity index (χ4v) is 7.46. The van der Waals surface area contributed by atoms with Gasteiger partial charge in [-0.15, -0.1) is 0 Å². The molecule has 0 spiro atoms. The van der Waals surface area contributed by atoms with Crippen LogP contribution in [0.1, 0.15) is 55.9 Å². The zero-order chi connectivity index (χ0) is 47.1. The quantitative estimate of drug-likeness (QED) is 0.121. The third kappa shape index (κ3) is 12.0. The Morgan fingerprint density at radius 3 is 1.94 bits per heavy atom. The molecule has 0 aromatic heterocycles. The minimum absolute atomic E-state index is 0.0689. The van der Waals surface area contributed by atoms with Gasteiger partial charge in [-0.05, 0) is 37.5 Å². The minimum atomic E-state index is -2.26. The number of aliphatic hydroxyl groups excluding tert-OH is 9. The highest BCUT2D eigenvalue weighted by Crippen LogP contribution is 2.28. The molecule has 24 heteroatoms. The number of nitrogens with two attached hydrogens (primary N) is 2. The Morgan fingerprint density at radius 1 is 0.774 bits per heavy atom. The zero-order valence-electron chi connectivity index (χ0n) is 34.9. The van der Waals surface area contributed by atoms with E-state index in [9.17, 15) is 74.4 Å². The van der Waals surface area contributed by atoms with Crippen LogP contribution in [0.5, 0.6) is 0 Å². The van der Waals surface area contributed by atoms with Gasteiger partial charge in [0.25, 0.3) is 0 Å². The van der Waals surface area contributed by atoms with E-state index in [-0.39, 0.29) is 5.56 Å². The topological polar surface area (TPSA) is 408 Å². The Labute approximate surface area is 356 Å². The molecule has 0 saturated carbocycles. The van der Waals surface area contributed by atoms with E-state index in [1.54, 1.807) is 19.9 Å². The van der Waals surface area contributed by atoms with E-state index in [1.165, 1.54) is 19.1 Å². The number of primary amides is 1. The number of hydrogen-bond acceptors (Lipinski definition) is 17. The fourth-order valence-electron chi connectivity index (χ4n) is 7.46. The fraction of sp³-hybridized carbons (Fsp3) is 0.658. The summed E-state index contributed by atoms with van der Waals surface area (Å²) in [6.45, 7) is 5.07. The van der Waals surface area contributed by atoms with Crippen molar-refractivity contribution in [1.29, 1.82) is 0 Å². The van der Waals surface area contributed by atoms with Crippen molar-refractivity contribution in [3.63, 3.8) is 0 Å². The van der Waals surface area contributed by atoms with Crippen LogP contribution >= 0.6 is 0 Å². The predicted octanol–water partition coefficient (Wildman–Crippen LogP) is -7.93. The van der Waals surface area contributed by atoms with Gasteiger partial charge in [-0.1, -0.05) is 25.1 Å². The second-order valence-corrected chi connectivity index (χ2v) is 15.9. The average molecular weight is 885 g/mol. The maximum atomic E-state index is 14.3. The van der Waals surface area contributed by atoms with Crippen molar-refractivity contribution in [3.05, 3.63) is 34.9 Å². The molecule has 62 heavy (non-hydrogen) atoms. The number of carbonyl (C=O) groups excluding carboxylic acids is 7. The van der Waals surface area contributed by atoms with Gasteiger partial charge in [-0.3, -0.25) is 33.6 Å². The third-order valence-electron chi connectivity index (χ3n) is 11.2. The summed E-state index contributed by atoms with van der Waals surface area (Å²) in [4.78, 5) is 96.8. The van der Waals surface area contributed by atoms with E-state index in [2.05, 4.69) is 16.0 Å². The van der Waals surface area contributed by atoms with E-state index in [0.717, 1.165) is 24.5 Å². The third-order valence-corrected chi connectivity index (χ3v) is 11.2. The van der Waals surface area contributed by atoms with Crippen molar-refractivity contribution in [2.75, 3.05) is 20.2 Å². The van der Waals surface area contributed by atoms with Crippen LogP contribution in [-0.2, 0) is 33.6 Å². The molecule has 7 amide bonds. The number of rotatable bonds is 7. The Kier molecular flexibility index (Phi) is 18.2. The van der Waals surface area contributed by atoms with Gasteiger partial charge in [0.2, 0.25) is 41.4 Å². The van der Waals surface area contributed by atoms with Crippen LogP contribution in [0.2, 0.25) is 0 Å². The van der Waals surface area contributed by atoms with Gasteiger partial charge in [-0.2, -0.15) is 0 Å². The molecule has 348 valence electrons. The van der Waals surface area contributed by atoms with Gasteiger partial charge in [0, 0.05) is 39.0 Å². The van der Waals surface area contributed by atoms with Gasteiger partial charge in [0.1, 0.15) is 48.5 Å². The molecule has 4 rings (SSSR count). The van der Waals surface area contributed by atoms with Crippen molar-refractivity contribution in [3.8, 4) is 0 Å². The molecule has 3 aliphatic heterocycles. The van der Waals surface area contributed by atoms with Gasteiger partial charge < -0.3 is 88.5 Å². The van der Waals surface area contributed by atoms with Crippen molar-refractivity contribution in [2.45, 2.75) is 132 Å². The second-order valence-electron chi connectivity index (χ2n) is 15.9. The Balaban J connectivity index is 0.00000504. The highest BCUT2D eigenvalue weighted by Gasteiger charge is 2.50. The molecular formula is C38H60N8O16. The first-order valence-corrected chi connectivity index (χ1v) is 19.8. The molecular weight excluding hydrogens is 824 g/mol. The van der Waals surface area contributed by atoms with Crippen LogP contribution in [-0.4, -0.2) is 196 Å². The van der Waals surface area contributed by atoms with Gasteiger partial charge in [-0.25, -0.2) is 0 Å². The molecule has 15 unspecified atom stereocenters. The lowest BCUT2D eigenvalue weighted by Crippen LogP contribution is -2.64. The van der Waals surface area contributed by atoms with Crippen LogP contribution in [0.4, 0.5) is 0 Å². The van der Waals surface area contributed by atoms with Crippen LogP contribution < -0.4 is 32.7 Å². The number of fused-ring (bicyclic) bond motifs is 2. The van der Waals surface area contributed by atoms with Crippen molar-refractivity contribution >= 4 is 41.4 Å². The summed E-state index contributed by atoms with van der Waals surface area (Å²) >= 11 is 0. The minimum Gasteiger partial charge on any atom is -0.400 e. The van der Waals surface area contributed by atoms with Crippen molar-refractivity contribution < 1.29 is 79.5 Å². The summed E-state index contributed by atoms with van der Waals surface area (Å²) in [5, 5.41) is 103. The number of nitrogens with one attached hydrogen (secondary N) is 4. The standard InChI is InChI=1S/C37H56N8O15.CH4O/c1-13-5-6-17(7-14(13)2)29(52)30(53)26-34(57)41-25(21(48)10-23(39)50)37(60)45-11-15(3)28(51)27(45)35(58)43-33(56)22(49)9-19(38)31(54)40-24(16(4)46)36(59)44-12-18(47)8-20(44)32(55)42-26;1-2/h5-7,15-16,18-22,24-30,33,46-49,51-53,56H,8-12,38H2,1-4H3,(H2,39,50)(H,40,54)(H,41,57)(H,42,55)(H,43,58);2H,1H3. The molecule has 15 atom stereocenters. The number of aryl methyl sites for hydroxylation is 2. The van der Waals surface area contributed by atoms with E-state index in [0.29, 0.717) is 10.5 Å². The van der Waals surface area contributed by atoms with Crippen LogP contribution in [0.3, 0.4) is 0 Å². The molecule has 0 aliphatic carbocycles. The Bertz CT molecular complexity index is 1800. The molecule has 24 nitrogen and oxygen atoms in total. The molecule has 0 radical (unpaired) electrons. The molecule has 3 aliphatic rings. The molecule has 0 bridgehead atoms. The molecule has 1 aromatic rings. The average Bonchev–Trinajstić information content (AvgIpc) is 3.75. The number of nitrogens with zero attached hydrogens (tertiary/aromatic N) is 2.